The van der Waals surface area contributed by atoms with Crippen molar-refractivity contribution in [1.29, 1.82) is 0 Å². The molecular formula is C13H24N2S. The molecule has 1 aromatic rings. The quantitative estimate of drug-likeness (QED) is 0.410. The molecule has 0 bridgehead atoms. The molecule has 0 aliphatic heterocycles. The number of thiophene rings is 1. The largest absolute Gasteiger partial charge is 0.271 e. The molecule has 0 spiro atoms. The van der Waals surface area contributed by atoms with Crippen molar-refractivity contribution in [3.8, 4) is 0 Å². The van der Waals surface area contributed by atoms with Gasteiger partial charge in [-0.2, -0.15) is 0 Å². The minimum Gasteiger partial charge on any atom is -0.271 e. The number of aryl methyl sites for hydroxylation is 1. The van der Waals surface area contributed by atoms with Gasteiger partial charge in [-0.15, -0.1) is 11.3 Å². The van der Waals surface area contributed by atoms with E-state index in [0.717, 1.165) is 6.42 Å². The highest BCUT2D eigenvalue weighted by molar-refractivity contribution is 7.12. The van der Waals surface area contributed by atoms with E-state index in [1.54, 1.807) is 0 Å². The van der Waals surface area contributed by atoms with Gasteiger partial charge in [-0.1, -0.05) is 39.0 Å². The van der Waals surface area contributed by atoms with Crippen LogP contribution in [0.5, 0.6) is 0 Å². The third-order valence-electron chi connectivity index (χ3n) is 2.90. The molecule has 1 unspecified atom stereocenters. The molecular weight excluding hydrogens is 216 g/mol. The van der Waals surface area contributed by atoms with E-state index in [1.165, 1.54) is 41.9 Å². The second-order valence-corrected chi connectivity index (χ2v) is 5.69. The van der Waals surface area contributed by atoms with Crippen LogP contribution >= 0.6 is 11.3 Å². The van der Waals surface area contributed by atoms with Crippen molar-refractivity contribution in [3.63, 3.8) is 0 Å². The molecule has 2 nitrogen and oxygen atoms in total. The minimum atomic E-state index is 0.348. The van der Waals surface area contributed by atoms with E-state index >= 15 is 0 Å². The van der Waals surface area contributed by atoms with Gasteiger partial charge in [0, 0.05) is 9.75 Å². The van der Waals surface area contributed by atoms with Crippen LogP contribution in [0.1, 0.15) is 61.2 Å². The van der Waals surface area contributed by atoms with Crippen LogP contribution in [-0.4, -0.2) is 0 Å². The minimum absolute atomic E-state index is 0.348. The molecule has 1 aromatic heterocycles. The summed E-state index contributed by atoms with van der Waals surface area (Å²) in [7, 11) is 0. The van der Waals surface area contributed by atoms with E-state index in [9.17, 15) is 0 Å². The van der Waals surface area contributed by atoms with Gasteiger partial charge in [-0.05, 0) is 25.5 Å². The maximum absolute atomic E-state index is 5.61. The molecule has 1 atom stereocenters. The van der Waals surface area contributed by atoms with Crippen molar-refractivity contribution < 1.29 is 0 Å². The van der Waals surface area contributed by atoms with Crippen LogP contribution in [0.3, 0.4) is 0 Å². The zero-order chi connectivity index (χ0) is 11.8. The summed E-state index contributed by atoms with van der Waals surface area (Å²) in [6, 6.07) is 4.71. The normalized spacial score (nSPS) is 12.9. The molecule has 0 saturated heterocycles. The molecule has 0 fully saturated rings. The summed E-state index contributed by atoms with van der Waals surface area (Å²) in [6.07, 6.45) is 7.78. The van der Waals surface area contributed by atoms with Crippen molar-refractivity contribution in [2.75, 3.05) is 0 Å². The molecule has 1 heterocycles. The summed E-state index contributed by atoms with van der Waals surface area (Å²) in [5, 5.41) is 0. The van der Waals surface area contributed by atoms with E-state index < -0.39 is 0 Å². The Balaban J connectivity index is 2.27. The van der Waals surface area contributed by atoms with Gasteiger partial charge < -0.3 is 0 Å². The fourth-order valence-corrected chi connectivity index (χ4v) is 2.87. The number of nitrogens with two attached hydrogens (primary N) is 1. The monoisotopic (exact) mass is 240 g/mol. The highest BCUT2D eigenvalue weighted by atomic mass is 32.1. The van der Waals surface area contributed by atoms with E-state index in [4.69, 9.17) is 5.84 Å². The molecule has 92 valence electrons. The van der Waals surface area contributed by atoms with Gasteiger partial charge in [0.15, 0.2) is 0 Å². The fourth-order valence-electron chi connectivity index (χ4n) is 1.90. The predicted octanol–water partition coefficient (Wildman–Crippen LogP) is 3.92. The van der Waals surface area contributed by atoms with Gasteiger partial charge in [0.05, 0.1) is 6.04 Å². The molecule has 0 saturated carbocycles. The zero-order valence-corrected chi connectivity index (χ0v) is 11.3. The molecule has 0 aliphatic carbocycles. The lowest BCUT2D eigenvalue weighted by atomic mass is 10.1. The Morgan fingerprint density at radius 1 is 1.25 bits per heavy atom. The lowest BCUT2D eigenvalue weighted by Gasteiger charge is -2.13. The summed E-state index contributed by atoms with van der Waals surface area (Å²) >= 11 is 1.85. The Labute approximate surface area is 103 Å². The highest BCUT2D eigenvalue weighted by Crippen LogP contribution is 2.26. The van der Waals surface area contributed by atoms with Crippen LogP contribution < -0.4 is 11.3 Å². The average Bonchev–Trinajstić information content (AvgIpc) is 2.70. The maximum atomic E-state index is 5.61. The van der Waals surface area contributed by atoms with Crippen molar-refractivity contribution >= 4 is 11.3 Å². The predicted molar refractivity (Wildman–Crippen MR) is 72.5 cm³/mol. The fraction of sp³-hybridized carbons (Fsp3) is 0.692. The standard InChI is InChI=1S/C13H24N2S/c1-3-4-5-6-7-8-12(15-14)13-10-9-11(2)16-13/h9-10,12,15H,3-8,14H2,1-2H3. The maximum Gasteiger partial charge on any atom is 0.0553 e. The number of hydrazine groups is 1. The molecule has 0 aliphatic rings. The molecule has 3 heteroatoms. The van der Waals surface area contributed by atoms with E-state index in [0.29, 0.717) is 6.04 Å². The summed E-state index contributed by atoms with van der Waals surface area (Å²) in [6.45, 7) is 4.39. The number of nitrogens with one attached hydrogen (secondary N) is 1. The van der Waals surface area contributed by atoms with Crippen LogP contribution in [0.25, 0.3) is 0 Å². The van der Waals surface area contributed by atoms with Gasteiger partial charge in [0.2, 0.25) is 0 Å². The lowest BCUT2D eigenvalue weighted by Crippen LogP contribution is -2.27. The molecule has 1 rings (SSSR count). The van der Waals surface area contributed by atoms with Crippen molar-refractivity contribution in [2.24, 2.45) is 5.84 Å². The smallest absolute Gasteiger partial charge is 0.0553 e. The summed E-state index contributed by atoms with van der Waals surface area (Å²) < 4.78 is 0. The molecule has 3 N–H and O–H groups in total. The Morgan fingerprint density at radius 3 is 2.56 bits per heavy atom. The summed E-state index contributed by atoms with van der Waals surface area (Å²) in [5.74, 6) is 5.61. The average molecular weight is 240 g/mol. The number of hydrogen-bond acceptors (Lipinski definition) is 3. The molecule has 0 radical (unpaired) electrons. The zero-order valence-electron chi connectivity index (χ0n) is 10.5. The third kappa shape index (κ3) is 4.64. The van der Waals surface area contributed by atoms with Gasteiger partial charge in [0.1, 0.15) is 0 Å². The Bertz CT molecular complexity index is 283. The number of rotatable bonds is 8. The first-order valence-electron chi connectivity index (χ1n) is 6.30. The topological polar surface area (TPSA) is 38.0 Å². The SMILES string of the molecule is CCCCCCCC(NN)c1ccc(C)s1. The van der Waals surface area contributed by atoms with Crippen LogP contribution in [0.4, 0.5) is 0 Å². The number of hydrogen-bond donors (Lipinski definition) is 2. The molecule has 0 aromatic carbocycles. The first-order chi connectivity index (χ1) is 7.77. The second kappa shape index (κ2) is 7.82. The van der Waals surface area contributed by atoms with Crippen LogP contribution in [0, 0.1) is 6.92 Å². The molecule has 16 heavy (non-hydrogen) atoms. The van der Waals surface area contributed by atoms with Crippen LogP contribution in [0.15, 0.2) is 12.1 Å². The lowest BCUT2D eigenvalue weighted by molar-refractivity contribution is 0.484. The third-order valence-corrected chi connectivity index (χ3v) is 4.02. The van der Waals surface area contributed by atoms with Gasteiger partial charge in [-0.25, -0.2) is 0 Å². The Hall–Kier alpha value is -0.380. The molecule has 0 amide bonds. The van der Waals surface area contributed by atoms with E-state index in [2.05, 4.69) is 31.4 Å². The van der Waals surface area contributed by atoms with Crippen molar-refractivity contribution in [2.45, 2.75) is 58.4 Å². The van der Waals surface area contributed by atoms with Crippen LogP contribution in [-0.2, 0) is 0 Å². The van der Waals surface area contributed by atoms with Gasteiger partial charge in [0.25, 0.3) is 0 Å². The highest BCUT2D eigenvalue weighted by Gasteiger charge is 2.10. The van der Waals surface area contributed by atoms with E-state index in [1.807, 2.05) is 11.3 Å². The number of unbranched alkanes of at least 4 members (excludes halogenated alkanes) is 4. The van der Waals surface area contributed by atoms with E-state index in [-0.39, 0.29) is 0 Å². The van der Waals surface area contributed by atoms with Crippen molar-refractivity contribution in [3.05, 3.63) is 21.9 Å². The first kappa shape index (κ1) is 13.7. The first-order valence-corrected chi connectivity index (χ1v) is 7.12. The Morgan fingerprint density at radius 2 is 2.00 bits per heavy atom. The Kier molecular flexibility index (Phi) is 6.69. The summed E-state index contributed by atoms with van der Waals surface area (Å²) in [5.41, 5.74) is 2.93. The van der Waals surface area contributed by atoms with Crippen molar-refractivity contribution in [1.82, 2.24) is 5.43 Å². The summed E-state index contributed by atoms with van der Waals surface area (Å²) in [4.78, 5) is 2.73. The van der Waals surface area contributed by atoms with Gasteiger partial charge in [-0.3, -0.25) is 11.3 Å². The van der Waals surface area contributed by atoms with Crippen LogP contribution in [0.2, 0.25) is 0 Å². The second-order valence-electron chi connectivity index (χ2n) is 4.37. The van der Waals surface area contributed by atoms with Gasteiger partial charge >= 0.3 is 0 Å².